The molecule has 5 rings (SSSR count). The summed E-state index contributed by atoms with van der Waals surface area (Å²) in [7, 11) is 0. The molecule has 1 saturated carbocycles. The van der Waals surface area contributed by atoms with Gasteiger partial charge in [-0.05, 0) is 91.6 Å². The first kappa shape index (κ1) is 29.3. The third-order valence-electron chi connectivity index (χ3n) is 8.21. The van der Waals surface area contributed by atoms with E-state index in [-0.39, 0.29) is 23.4 Å². The van der Waals surface area contributed by atoms with Gasteiger partial charge < -0.3 is 20.9 Å². The van der Waals surface area contributed by atoms with Crippen molar-refractivity contribution in [3.63, 3.8) is 0 Å². The SMILES string of the molecule is CC1CCN(c2ccc(-c3cccc(CN(CCCN)C(=O)C4CC4)c3)cc2NC(=O)c2ccc([N+](=O)[O-])cc2)CC1. The van der Waals surface area contributed by atoms with Gasteiger partial charge in [-0.1, -0.05) is 31.2 Å². The zero-order chi connectivity index (χ0) is 29.6. The number of nitrogens with two attached hydrogens (primary N) is 1. The van der Waals surface area contributed by atoms with Gasteiger partial charge in [-0.15, -0.1) is 0 Å². The van der Waals surface area contributed by atoms with Gasteiger partial charge >= 0.3 is 0 Å². The Hall–Kier alpha value is -4.24. The van der Waals surface area contributed by atoms with E-state index < -0.39 is 4.92 Å². The molecular weight excluding hydrogens is 530 g/mol. The molecule has 3 N–H and O–H groups in total. The maximum absolute atomic E-state index is 13.3. The lowest BCUT2D eigenvalue weighted by Gasteiger charge is -2.33. The third kappa shape index (κ3) is 7.15. The quantitative estimate of drug-likeness (QED) is 0.221. The maximum Gasteiger partial charge on any atom is 0.269 e. The average molecular weight is 570 g/mol. The van der Waals surface area contributed by atoms with Crippen LogP contribution >= 0.6 is 0 Å². The number of nitrogens with one attached hydrogen (secondary N) is 1. The van der Waals surface area contributed by atoms with Crippen LogP contribution in [0.25, 0.3) is 11.1 Å². The number of benzene rings is 3. The zero-order valence-electron chi connectivity index (χ0n) is 24.1. The highest BCUT2D eigenvalue weighted by molar-refractivity contribution is 6.06. The van der Waals surface area contributed by atoms with Gasteiger partial charge in [0.25, 0.3) is 11.6 Å². The minimum Gasteiger partial charge on any atom is -0.370 e. The number of rotatable bonds is 11. The Labute approximate surface area is 246 Å². The Kier molecular flexibility index (Phi) is 9.17. The van der Waals surface area contributed by atoms with Crippen molar-refractivity contribution >= 4 is 28.9 Å². The van der Waals surface area contributed by atoms with E-state index in [0.29, 0.717) is 36.8 Å². The third-order valence-corrected chi connectivity index (χ3v) is 8.21. The zero-order valence-corrected chi connectivity index (χ0v) is 24.1. The van der Waals surface area contributed by atoms with Gasteiger partial charge in [0.1, 0.15) is 0 Å². The van der Waals surface area contributed by atoms with Crippen molar-refractivity contribution in [2.24, 2.45) is 17.6 Å². The van der Waals surface area contributed by atoms with Crippen LogP contribution < -0.4 is 16.0 Å². The Morgan fingerprint density at radius 2 is 1.71 bits per heavy atom. The molecule has 3 aromatic rings. The van der Waals surface area contributed by atoms with Crippen LogP contribution in [0.3, 0.4) is 0 Å². The van der Waals surface area contributed by atoms with E-state index in [1.165, 1.54) is 24.3 Å². The number of nitro groups is 1. The molecule has 3 aromatic carbocycles. The molecule has 1 aliphatic carbocycles. The minimum atomic E-state index is -0.478. The summed E-state index contributed by atoms with van der Waals surface area (Å²) < 4.78 is 0. The summed E-state index contributed by atoms with van der Waals surface area (Å²) in [6, 6.07) is 20.0. The van der Waals surface area contributed by atoms with Crippen LogP contribution in [0.2, 0.25) is 0 Å². The van der Waals surface area contributed by atoms with E-state index in [2.05, 4.69) is 35.3 Å². The predicted octanol–water partition coefficient (Wildman–Crippen LogP) is 5.84. The normalized spacial score (nSPS) is 15.3. The van der Waals surface area contributed by atoms with Gasteiger partial charge in [-0.3, -0.25) is 19.7 Å². The fourth-order valence-corrected chi connectivity index (χ4v) is 5.48. The summed E-state index contributed by atoms with van der Waals surface area (Å²) in [5, 5.41) is 14.1. The smallest absolute Gasteiger partial charge is 0.269 e. The second-order valence-electron chi connectivity index (χ2n) is 11.5. The van der Waals surface area contributed by atoms with Crippen LogP contribution in [0.1, 0.15) is 54.9 Å². The minimum absolute atomic E-state index is 0.0584. The number of non-ortho nitro benzene ring substituents is 1. The fourth-order valence-electron chi connectivity index (χ4n) is 5.48. The van der Waals surface area contributed by atoms with E-state index in [1.54, 1.807) is 0 Å². The predicted molar refractivity (Wildman–Crippen MR) is 165 cm³/mol. The van der Waals surface area contributed by atoms with Gasteiger partial charge in [0.15, 0.2) is 0 Å². The monoisotopic (exact) mass is 569 g/mol. The van der Waals surface area contributed by atoms with E-state index >= 15 is 0 Å². The molecule has 1 heterocycles. The number of amides is 2. The molecule has 42 heavy (non-hydrogen) atoms. The summed E-state index contributed by atoms with van der Waals surface area (Å²) >= 11 is 0. The number of anilines is 2. The van der Waals surface area contributed by atoms with Crippen LogP contribution in [0.4, 0.5) is 17.1 Å². The maximum atomic E-state index is 13.3. The molecule has 1 saturated heterocycles. The van der Waals surface area contributed by atoms with Gasteiger partial charge in [-0.2, -0.15) is 0 Å². The van der Waals surface area contributed by atoms with Crippen LogP contribution in [0.5, 0.6) is 0 Å². The lowest BCUT2D eigenvalue weighted by molar-refractivity contribution is -0.384. The molecule has 2 fully saturated rings. The van der Waals surface area contributed by atoms with Crippen molar-refractivity contribution < 1.29 is 14.5 Å². The summed E-state index contributed by atoms with van der Waals surface area (Å²) in [5.74, 6) is 0.706. The molecule has 0 bridgehead atoms. The highest BCUT2D eigenvalue weighted by atomic mass is 16.6. The number of nitro benzene ring substituents is 1. The number of nitrogens with zero attached hydrogens (tertiary/aromatic N) is 3. The van der Waals surface area contributed by atoms with Crippen LogP contribution in [-0.4, -0.2) is 47.8 Å². The Bertz CT molecular complexity index is 1430. The first-order valence-electron chi connectivity index (χ1n) is 14.9. The Balaban J connectivity index is 1.42. The Morgan fingerprint density at radius 3 is 2.38 bits per heavy atom. The number of hydrogen-bond donors (Lipinski definition) is 2. The molecule has 0 spiro atoms. The van der Waals surface area contributed by atoms with Crippen molar-refractivity contribution in [1.29, 1.82) is 0 Å². The summed E-state index contributed by atoms with van der Waals surface area (Å²) in [6.07, 6.45) is 4.87. The molecule has 0 atom stereocenters. The lowest BCUT2D eigenvalue weighted by atomic mass is 9.97. The van der Waals surface area contributed by atoms with E-state index in [9.17, 15) is 19.7 Å². The highest BCUT2D eigenvalue weighted by Gasteiger charge is 2.33. The molecule has 9 heteroatoms. The van der Waals surface area contributed by atoms with E-state index in [0.717, 1.165) is 67.6 Å². The second-order valence-corrected chi connectivity index (χ2v) is 11.5. The molecule has 1 aliphatic heterocycles. The Morgan fingerprint density at radius 1 is 1.00 bits per heavy atom. The van der Waals surface area contributed by atoms with Gasteiger partial charge in [0, 0.05) is 49.8 Å². The largest absolute Gasteiger partial charge is 0.370 e. The summed E-state index contributed by atoms with van der Waals surface area (Å²) in [5.41, 5.74) is 10.7. The van der Waals surface area contributed by atoms with Crippen LogP contribution in [-0.2, 0) is 11.3 Å². The van der Waals surface area contributed by atoms with Gasteiger partial charge in [0.2, 0.25) is 5.91 Å². The molecule has 0 unspecified atom stereocenters. The van der Waals surface area contributed by atoms with E-state index in [4.69, 9.17) is 5.73 Å². The summed E-state index contributed by atoms with van der Waals surface area (Å²) in [4.78, 5) is 41.0. The van der Waals surface area contributed by atoms with Crippen LogP contribution in [0.15, 0.2) is 66.7 Å². The molecule has 220 valence electrons. The van der Waals surface area contributed by atoms with Gasteiger partial charge in [-0.25, -0.2) is 0 Å². The molecule has 2 aliphatic rings. The topological polar surface area (TPSA) is 122 Å². The van der Waals surface area contributed by atoms with Crippen molar-refractivity contribution in [1.82, 2.24) is 4.90 Å². The fraction of sp³-hybridized carbons (Fsp3) is 0.394. The number of carbonyl (C=O) groups is 2. The molecule has 0 aromatic heterocycles. The van der Waals surface area contributed by atoms with Gasteiger partial charge in [0.05, 0.1) is 16.3 Å². The van der Waals surface area contributed by atoms with E-state index in [1.807, 2.05) is 29.2 Å². The first-order valence-corrected chi connectivity index (χ1v) is 14.9. The molecular formula is C33H39N5O4. The first-order chi connectivity index (χ1) is 20.3. The van der Waals surface area contributed by atoms with Crippen molar-refractivity contribution in [2.75, 3.05) is 36.4 Å². The number of hydrogen-bond acceptors (Lipinski definition) is 6. The molecule has 0 radical (unpaired) electrons. The summed E-state index contributed by atoms with van der Waals surface area (Å²) in [6.45, 7) is 5.81. The average Bonchev–Trinajstić information content (AvgIpc) is 3.85. The van der Waals surface area contributed by atoms with Crippen molar-refractivity contribution in [3.05, 3.63) is 88.0 Å². The standard InChI is InChI=1S/C33H39N5O4/c1-23-14-18-36(19-15-23)31-13-10-28(21-30(31)35-32(39)25-8-11-29(12-9-25)38(41)42)27-5-2-4-24(20-27)22-37(17-3-16-34)33(40)26-6-7-26/h2,4-5,8-13,20-21,23,26H,3,6-7,14-19,22,34H2,1H3,(H,35,39). The highest BCUT2D eigenvalue weighted by Crippen LogP contribution is 2.35. The van der Waals surface area contributed by atoms with Crippen molar-refractivity contribution in [3.8, 4) is 11.1 Å². The second kappa shape index (κ2) is 13.2. The number of piperidine rings is 1. The lowest BCUT2D eigenvalue weighted by Crippen LogP contribution is -2.33. The van der Waals surface area contributed by atoms with Crippen LogP contribution in [0, 0.1) is 22.0 Å². The van der Waals surface area contributed by atoms with Crippen molar-refractivity contribution in [2.45, 2.75) is 45.6 Å². The number of carbonyl (C=O) groups excluding carboxylic acids is 2. The molecule has 2 amide bonds. The molecule has 9 nitrogen and oxygen atoms in total.